The van der Waals surface area contributed by atoms with Gasteiger partial charge < -0.3 is 0 Å². The van der Waals surface area contributed by atoms with Crippen molar-refractivity contribution < 1.29 is 14.2 Å². The van der Waals surface area contributed by atoms with Gasteiger partial charge in [0.05, 0.1) is 11.1 Å². The maximum atomic E-state index is 11.8. The maximum Gasteiger partial charge on any atom is 0.276 e. The number of carbonyl (C=O) groups excluding carboxylic acids is 2. The van der Waals surface area contributed by atoms with Gasteiger partial charge in [-0.3, -0.25) is 14.2 Å². The molecule has 1 aliphatic heterocycles. The number of imide groups is 1. The summed E-state index contributed by atoms with van der Waals surface area (Å²) in [6.45, 7) is 0. The van der Waals surface area contributed by atoms with Crippen LogP contribution in [0.25, 0.3) is 0 Å². The fourth-order valence-electron chi connectivity index (χ4n) is 1.49. The Bertz CT molecular complexity index is 544. The van der Waals surface area contributed by atoms with Crippen LogP contribution >= 0.6 is 28.3 Å². The summed E-state index contributed by atoms with van der Waals surface area (Å²) >= 11 is 10.6. The number of rotatable bonds is 2. The van der Waals surface area contributed by atoms with Crippen LogP contribution in [0.2, 0.25) is 0 Å². The lowest BCUT2D eigenvalue weighted by Crippen LogP contribution is -2.23. The zero-order valence-electron chi connectivity index (χ0n) is 8.34. The summed E-state index contributed by atoms with van der Waals surface area (Å²) < 4.78 is 11.1. The Morgan fingerprint density at radius 3 is 1.94 bits per heavy atom. The topological polar surface area (TPSA) is 54.5 Å². The molecular formula is C10H6Cl2NO3P. The van der Waals surface area contributed by atoms with Crippen LogP contribution in [-0.4, -0.2) is 16.7 Å². The Morgan fingerprint density at radius 2 is 1.53 bits per heavy atom. The molecule has 88 valence electrons. The number of amides is 2. The second kappa shape index (κ2) is 4.30. The van der Waals surface area contributed by atoms with E-state index < -0.39 is 17.7 Å². The van der Waals surface area contributed by atoms with Crippen LogP contribution in [0, 0.1) is 0 Å². The molecular weight excluding hydrogens is 284 g/mol. The number of benzene rings is 1. The molecule has 1 aromatic rings. The second-order valence-electron chi connectivity index (χ2n) is 3.33. The van der Waals surface area contributed by atoms with Gasteiger partial charge in [0.1, 0.15) is 0 Å². The molecule has 1 aromatic carbocycles. The molecule has 0 saturated heterocycles. The third kappa shape index (κ3) is 2.44. The predicted octanol–water partition coefficient (Wildman–Crippen LogP) is 3.42. The van der Waals surface area contributed by atoms with Crippen molar-refractivity contribution in [3.63, 3.8) is 0 Å². The van der Waals surface area contributed by atoms with Gasteiger partial charge in [0, 0.05) is 12.0 Å². The van der Waals surface area contributed by atoms with E-state index in [1.807, 2.05) is 0 Å². The van der Waals surface area contributed by atoms with Gasteiger partial charge in [-0.05, 0) is 34.6 Å². The van der Waals surface area contributed by atoms with Crippen molar-refractivity contribution in [3.8, 4) is 0 Å². The zero-order valence-corrected chi connectivity index (χ0v) is 10.7. The van der Waals surface area contributed by atoms with Crippen LogP contribution in [0.4, 0.5) is 0 Å². The number of hydrogen-bond acceptors (Lipinski definition) is 3. The Balaban J connectivity index is 2.37. The lowest BCUT2D eigenvalue weighted by Gasteiger charge is -2.06. The minimum Gasteiger partial charge on any atom is -0.285 e. The van der Waals surface area contributed by atoms with Crippen molar-refractivity contribution >= 4 is 40.1 Å². The fraction of sp³-hybridized carbons (Fsp3) is 0. The number of hydrogen-bond donors (Lipinski definition) is 0. The molecule has 1 heterocycles. The molecule has 0 radical (unpaired) electrons. The number of halogens is 2. The molecule has 4 nitrogen and oxygen atoms in total. The minimum absolute atomic E-state index is 0.307. The summed E-state index contributed by atoms with van der Waals surface area (Å²) in [6.07, 6.45) is 1.05. The molecule has 0 spiro atoms. The van der Waals surface area contributed by atoms with Gasteiger partial charge in [-0.25, -0.2) is 4.90 Å². The summed E-state index contributed by atoms with van der Waals surface area (Å²) in [6, 6.07) is 6.41. The first-order chi connectivity index (χ1) is 7.90. The van der Waals surface area contributed by atoms with Crippen molar-refractivity contribution in [2.75, 3.05) is 0 Å². The van der Waals surface area contributed by atoms with Gasteiger partial charge >= 0.3 is 0 Å². The van der Waals surface area contributed by atoms with E-state index in [-0.39, 0.29) is 0 Å². The normalized spacial score (nSPS) is 15.8. The summed E-state index contributed by atoms with van der Waals surface area (Å²) in [7, 11) is 0. The van der Waals surface area contributed by atoms with E-state index in [9.17, 15) is 14.2 Å². The van der Waals surface area contributed by atoms with E-state index in [4.69, 9.17) is 22.5 Å². The first-order valence-corrected chi connectivity index (χ1v) is 8.14. The van der Waals surface area contributed by atoms with Gasteiger partial charge in [-0.1, -0.05) is 12.1 Å². The third-order valence-corrected chi connectivity index (χ3v) is 3.37. The van der Waals surface area contributed by atoms with Crippen LogP contribution in [-0.2, 0) is 4.57 Å². The van der Waals surface area contributed by atoms with E-state index >= 15 is 0 Å². The number of fused-ring (bicyclic) bond motifs is 1. The molecule has 2 rings (SSSR count). The standard InChI is InChI=1S/C10H6Cl2NO3P/c11-17(12,16)6-5-13-9(14)7-3-1-2-4-8(7)10(13)15/h1-6H/b6-5+. The SMILES string of the molecule is O=C1c2ccccc2C(=O)N1/C=C/P(=O)(Cl)Cl. The predicted molar refractivity (Wildman–Crippen MR) is 65.4 cm³/mol. The molecule has 0 atom stereocenters. The van der Waals surface area contributed by atoms with E-state index in [0.29, 0.717) is 11.1 Å². The number of carbonyl (C=O) groups is 2. The maximum absolute atomic E-state index is 11.8. The average Bonchev–Trinajstić information content (AvgIpc) is 2.49. The lowest BCUT2D eigenvalue weighted by atomic mass is 10.1. The fourth-order valence-corrected chi connectivity index (χ4v) is 2.08. The monoisotopic (exact) mass is 289 g/mol. The van der Waals surface area contributed by atoms with Gasteiger partial charge in [-0.15, -0.1) is 0 Å². The minimum atomic E-state index is -3.45. The Hall–Kier alpha value is -1.09. The zero-order chi connectivity index (χ0) is 12.6. The van der Waals surface area contributed by atoms with Crippen LogP contribution in [0.1, 0.15) is 20.7 Å². The molecule has 0 aliphatic carbocycles. The highest BCUT2D eigenvalue weighted by Crippen LogP contribution is 2.58. The largest absolute Gasteiger partial charge is 0.285 e. The van der Waals surface area contributed by atoms with E-state index in [1.165, 1.54) is 0 Å². The van der Waals surface area contributed by atoms with E-state index in [2.05, 4.69) is 0 Å². The molecule has 17 heavy (non-hydrogen) atoms. The van der Waals surface area contributed by atoms with Crippen molar-refractivity contribution in [2.24, 2.45) is 0 Å². The summed E-state index contributed by atoms with van der Waals surface area (Å²) in [5.41, 5.74) is 0.613. The quantitative estimate of drug-likeness (QED) is 0.619. The van der Waals surface area contributed by atoms with Crippen LogP contribution in [0.15, 0.2) is 36.3 Å². The van der Waals surface area contributed by atoms with Gasteiger partial charge in [0.2, 0.25) is 0 Å². The van der Waals surface area contributed by atoms with E-state index in [1.54, 1.807) is 24.3 Å². The van der Waals surface area contributed by atoms with E-state index in [0.717, 1.165) is 16.9 Å². The smallest absolute Gasteiger partial charge is 0.276 e. The van der Waals surface area contributed by atoms with Crippen molar-refractivity contribution in [1.82, 2.24) is 4.90 Å². The van der Waals surface area contributed by atoms with Crippen LogP contribution < -0.4 is 0 Å². The van der Waals surface area contributed by atoms with Gasteiger partial charge in [0.25, 0.3) is 17.7 Å². The third-order valence-electron chi connectivity index (χ3n) is 2.21. The molecule has 0 fully saturated rings. The Morgan fingerprint density at radius 1 is 1.06 bits per heavy atom. The summed E-state index contributed by atoms with van der Waals surface area (Å²) in [5, 5.41) is 0. The Kier molecular flexibility index (Phi) is 3.13. The molecule has 0 N–H and O–H groups in total. The highest BCUT2D eigenvalue weighted by atomic mass is 35.9. The second-order valence-corrected chi connectivity index (χ2v) is 8.16. The van der Waals surface area contributed by atoms with Crippen LogP contribution in [0.3, 0.4) is 0 Å². The summed E-state index contributed by atoms with van der Waals surface area (Å²) in [4.78, 5) is 24.4. The first-order valence-electron chi connectivity index (χ1n) is 4.55. The Labute approximate surface area is 107 Å². The molecule has 0 unspecified atom stereocenters. The highest BCUT2D eigenvalue weighted by Gasteiger charge is 2.33. The van der Waals surface area contributed by atoms with Gasteiger partial charge in [-0.2, -0.15) is 0 Å². The molecule has 0 bridgehead atoms. The van der Waals surface area contributed by atoms with Gasteiger partial charge in [0.15, 0.2) is 0 Å². The van der Waals surface area contributed by atoms with Crippen LogP contribution in [0.5, 0.6) is 0 Å². The van der Waals surface area contributed by atoms with Crippen molar-refractivity contribution in [3.05, 3.63) is 47.4 Å². The summed E-state index contributed by atoms with van der Waals surface area (Å²) in [5.74, 6) is -3.47. The molecule has 1 aliphatic rings. The molecule has 0 saturated carbocycles. The van der Waals surface area contributed by atoms with Crippen molar-refractivity contribution in [1.29, 1.82) is 0 Å². The molecule has 2 amide bonds. The molecule has 0 aromatic heterocycles. The lowest BCUT2D eigenvalue weighted by molar-refractivity contribution is 0.0722. The average molecular weight is 290 g/mol. The van der Waals surface area contributed by atoms with Crippen molar-refractivity contribution in [2.45, 2.75) is 0 Å². The number of nitrogens with zero attached hydrogens (tertiary/aromatic N) is 1. The first kappa shape index (κ1) is 12.4. The molecule has 7 heteroatoms. The highest BCUT2D eigenvalue weighted by molar-refractivity contribution is 8.10.